The van der Waals surface area contributed by atoms with Crippen LogP contribution in [0.15, 0.2) is 67.3 Å². The molecule has 1 aliphatic heterocycles. The van der Waals surface area contributed by atoms with Crippen molar-refractivity contribution < 1.29 is 14.3 Å². The van der Waals surface area contributed by atoms with Gasteiger partial charge in [0.25, 0.3) is 5.91 Å². The summed E-state index contributed by atoms with van der Waals surface area (Å²) in [6.07, 6.45) is 1.54. The fourth-order valence-corrected chi connectivity index (χ4v) is 5.73. The van der Waals surface area contributed by atoms with E-state index < -0.39 is 11.5 Å². The Bertz CT molecular complexity index is 1390. The van der Waals surface area contributed by atoms with E-state index in [0.717, 1.165) is 39.2 Å². The van der Waals surface area contributed by atoms with Crippen LogP contribution in [0.1, 0.15) is 62.4 Å². The fraction of sp³-hybridized carbons (Fsp3) is 0.290. The lowest BCUT2D eigenvalue weighted by atomic mass is 9.60. The third-order valence-corrected chi connectivity index (χ3v) is 7.73. The van der Waals surface area contributed by atoms with Gasteiger partial charge in [0.1, 0.15) is 12.1 Å². The van der Waals surface area contributed by atoms with Crippen LogP contribution in [0.5, 0.6) is 0 Å². The Labute approximate surface area is 218 Å². The molecule has 1 N–H and O–H groups in total. The molecular weight excluding hydrogens is 462 g/mol. The van der Waals surface area contributed by atoms with E-state index in [2.05, 4.69) is 71.9 Å². The number of nitrogens with zero attached hydrogens (tertiary/aromatic N) is 2. The number of carbonyl (C=O) groups is 2. The second kappa shape index (κ2) is 8.51. The van der Waals surface area contributed by atoms with Crippen LogP contribution in [0.4, 0.5) is 11.4 Å². The zero-order valence-electron chi connectivity index (χ0n) is 22.3. The van der Waals surface area contributed by atoms with E-state index in [9.17, 15) is 9.59 Å². The lowest BCUT2D eigenvalue weighted by Gasteiger charge is -2.46. The first-order valence-corrected chi connectivity index (χ1v) is 12.4. The van der Waals surface area contributed by atoms with Gasteiger partial charge in [-0.2, -0.15) is 0 Å². The van der Waals surface area contributed by atoms with Crippen molar-refractivity contribution in [3.8, 4) is 0 Å². The standard InChI is InChI=1S/C31H33N3O3/c1-8-15-37-29(36)19-9-12-22-25(16-19)31(32-28(22)35)23-13-10-20(33(4)5)17-26(23)30(2,3)27-18-21(34(6)7)11-14-24(27)31/h8-14,16-18H,1,15H2,2-7H3,(H,32,35). The molecule has 0 saturated heterocycles. The highest BCUT2D eigenvalue weighted by Gasteiger charge is 2.53. The van der Waals surface area contributed by atoms with Crippen molar-refractivity contribution in [1.29, 1.82) is 0 Å². The zero-order chi connectivity index (χ0) is 26.7. The van der Waals surface area contributed by atoms with Gasteiger partial charge in [0.05, 0.1) is 5.56 Å². The molecule has 0 unspecified atom stereocenters. The van der Waals surface area contributed by atoms with Crippen LogP contribution in [-0.4, -0.2) is 46.7 Å². The van der Waals surface area contributed by atoms with Crippen LogP contribution in [0.3, 0.4) is 0 Å². The van der Waals surface area contributed by atoms with Crippen LogP contribution in [0.25, 0.3) is 0 Å². The molecule has 0 saturated carbocycles. The number of rotatable bonds is 5. The summed E-state index contributed by atoms with van der Waals surface area (Å²) in [6, 6.07) is 18.0. The van der Waals surface area contributed by atoms with E-state index in [0.29, 0.717) is 11.1 Å². The first-order chi connectivity index (χ1) is 17.5. The molecule has 2 aliphatic rings. The van der Waals surface area contributed by atoms with Crippen molar-refractivity contribution in [2.75, 3.05) is 44.6 Å². The quantitative estimate of drug-likeness (QED) is 0.406. The summed E-state index contributed by atoms with van der Waals surface area (Å²) >= 11 is 0. The molecule has 0 fully saturated rings. The normalized spacial score (nSPS) is 15.8. The molecule has 1 spiro atoms. The molecule has 3 aromatic rings. The molecule has 0 aromatic heterocycles. The van der Waals surface area contributed by atoms with Gasteiger partial charge >= 0.3 is 5.97 Å². The minimum absolute atomic E-state index is 0.124. The van der Waals surface area contributed by atoms with E-state index in [-0.39, 0.29) is 17.9 Å². The third-order valence-electron chi connectivity index (χ3n) is 7.73. The van der Waals surface area contributed by atoms with Gasteiger partial charge < -0.3 is 19.9 Å². The Kier molecular flexibility index (Phi) is 5.66. The van der Waals surface area contributed by atoms with E-state index >= 15 is 0 Å². The molecule has 6 heteroatoms. The largest absolute Gasteiger partial charge is 0.458 e. The van der Waals surface area contributed by atoms with Crippen molar-refractivity contribution in [3.05, 3.63) is 106 Å². The van der Waals surface area contributed by atoms with Gasteiger partial charge in [-0.05, 0) is 64.7 Å². The van der Waals surface area contributed by atoms with Gasteiger partial charge in [0.15, 0.2) is 0 Å². The van der Waals surface area contributed by atoms with Crippen molar-refractivity contribution >= 4 is 23.3 Å². The third kappa shape index (κ3) is 3.54. The zero-order valence-corrected chi connectivity index (χ0v) is 22.3. The molecule has 5 rings (SSSR count). The highest BCUT2D eigenvalue weighted by molar-refractivity contribution is 6.03. The molecule has 190 valence electrons. The van der Waals surface area contributed by atoms with Crippen molar-refractivity contribution in [2.45, 2.75) is 24.8 Å². The number of benzene rings is 3. The molecule has 0 atom stereocenters. The first-order valence-electron chi connectivity index (χ1n) is 12.4. The minimum atomic E-state index is -0.934. The number of anilines is 2. The maximum absolute atomic E-state index is 13.5. The van der Waals surface area contributed by atoms with Crippen LogP contribution in [-0.2, 0) is 15.7 Å². The van der Waals surface area contributed by atoms with Gasteiger partial charge in [0.2, 0.25) is 0 Å². The number of hydrogen-bond donors (Lipinski definition) is 1. The van der Waals surface area contributed by atoms with Crippen molar-refractivity contribution in [2.24, 2.45) is 0 Å². The molecule has 37 heavy (non-hydrogen) atoms. The summed E-state index contributed by atoms with van der Waals surface area (Å²) in [7, 11) is 8.11. The Balaban J connectivity index is 1.85. The number of nitrogens with one attached hydrogen (secondary N) is 1. The average Bonchev–Trinajstić information content (AvgIpc) is 3.17. The van der Waals surface area contributed by atoms with Crippen LogP contribution >= 0.6 is 0 Å². The van der Waals surface area contributed by atoms with Crippen molar-refractivity contribution in [3.63, 3.8) is 0 Å². The summed E-state index contributed by atoms with van der Waals surface area (Å²) < 4.78 is 5.32. The predicted molar refractivity (Wildman–Crippen MR) is 148 cm³/mol. The minimum Gasteiger partial charge on any atom is -0.458 e. The Morgan fingerprint density at radius 1 is 0.865 bits per heavy atom. The topological polar surface area (TPSA) is 61.9 Å². The lowest BCUT2D eigenvalue weighted by Crippen LogP contribution is -2.48. The van der Waals surface area contributed by atoms with E-state index in [1.165, 1.54) is 6.08 Å². The fourth-order valence-electron chi connectivity index (χ4n) is 5.73. The number of amides is 1. The Hall–Kier alpha value is -4.06. The highest BCUT2D eigenvalue weighted by Crippen LogP contribution is 2.55. The predicted octanol–water partition coefficient (Wildman–Crippen LogP) is 4.84. The van der Waals surface area contributed by atoms with E-state index in [1.807, 2.05) is 34.3 Å². The number of hydrogen-bond acceptors (Lipinski definition) is 5. The van der Waals surface area contributed by atoms with Crippen LogP contribution < -0.4 is 15.1 Å². The molecule has 1 amide bonds. The molecule has 1 heterocycles. The maximum atomic E-state index is 13.5. The molecule has 1 aliphatic carbocycles. The summed E-state index contributed by atoms with van der Waals surface area (Å²) in [5.41, 5.74) is 6.92. The summed E-state index contributed by atoms with van der Waals surface area (Å²) in [5.74, 6) is -0.606. The van der Waals surface area contributed by atoms with Gasteiger partial charge in [-0.25, -0.2) is 4.79 Å². The first kappa shape index (κ1) is 24.6. The molecule has 0 radical (unpaired) electrons. The van der Waals surface area contributed by atoms with E-state index in [4.69, 9.17) is 4.74 Å². The lowest BCUT2D eigenvalue weighted by molar-refractivity contribution is 0.0549. The Morgan fingerprint density at radius 3 is 1.95 bits per heavy atom. The number of fused-ring (bicyclic) bond motifs is 6. The van der Waals surface area contributed by atoms with E-state index in [1.54, 1.807) is 12.1 Å². The summed E-state index contributed by atoms with van der Waals surface area (Å²) in [6.45, 7) is 8.22. The van der Waals surface area contributed by atoms with Gasteiger partial charge in [-0.1, -0.05) is 38.6 Å². The number of esters is 1. The van der Waals surface area contributed by atoms with Crippen LogP contribution in [0, 0.1) is 0 Å². The molecule has 6 nitrogen and oxygen atoms in total. The Morgan fingerprint density at radius 2 is 1.43 bits per heavy atom. The summed E-state index contributed by atoms with van der Waals surface area (Å²) in [5, 5.41) is 3.36. The van der Waals surface area contributed by atoms with Crippen molar-refractivity contribution in [1.82, 2.24) is 5.32 Å². The van der Waals surface area contributed by atoms with Crippen LogP contribution in [0.2, 0.25) is 0 Å². The molecule has 0 bridgehead atoms. The maximum Gasteiger partial charge on any atom is 0.338 e. The average molecular weight is 496 g/mol. The SMILES string of the molecule is C=CCOC(=O)c1ccc2c(c1)C1(NC2=O)c2ccc(N(C)C)cc2C(C)(C)c2cc(N(C)C)ccc21. The van der Waals surface area contributed by atoms with Gasteiger partial charge in [-0.3, -0.25) is 4.79 Å². The second-order valence-corrected chi connectivity index (χ2v) is 10.7. The number of carbonyl (C=O) groups excluding carboxylic acids is 2. The number of ether oxygens (including phenoxy) is 1. The van der Waals surface area contributed by atoms with Gasteiger partial charge in [-0.15, -0.1) is 0 Å². The smallest absolute Gasteiger partial charge is 0.338 e. The molecule has 3 aromatic carbocycles. The summed E-state index contributed by atoms with van der Waals surface area (Å²) in [4.78, 5) is 30.4. The monoisotopic (exact) mass is 495 g/mol. The molecular formula is C31H33N3O3. The highest BCUT2D eigenvalue weighted by atomic mass is 16.5. The second-order valence-electron chi connectivity index (χ2n) is 10.7. The van der Waals surface area contributed by atoms with Gasteiger partial charge in [0, 0.05) is 56.1 Å².